The lowest BCUT2D eigenvalue weighted by molar-refractivity contribution is -0.138. The maximum Gasteiger partial charge on any atom is 0.416 e. The van der Waals surface area contributed by atoms with Gasteiger partial charge in [0, 0.05) is 17.6 Å². The highest BCUT2D eigenvalue weighted by Crippen LogP contribution is 2.32. The molecule has 0 unspecified atom stereocenters. The lowest BCUT2D eigenvalue weighted by Gasteiger charge is -2.12. The number of nitrogens with zero attached hydrogens (tertiary/aromatic N) is 1. The van der Waals surface area contributed by atoms with Gasteiger partial charge in [-0.2, -0.15) is 13.2 Å². The molecule has 25 heavy (non-hydrogen) atoms. The Balaban J connectivity index is 1.66. The van der Waals surface area contributed by atoms with Gasteiger partial charge in [-0.1, -0.05) is 30.3 Å². The van der Waals surface area contributed by atoms with Crippen LogP contribution in [0, 0.1) is 0 Å². The molecule has 2 aromatic carbocycles. The van der Waals surface area contributed by atoms with E-state index in [1.165, 1.54) is 18.4 Å². The first kappa shape index (κ1) is 17.7. The van der Waals surface area contributed by atoms with Gasteiger partial charge in [-0.15, -0.1) is 0 Å². The molecule has 130 valence electrons. The van der Waals surface area contributed by atoms with E-state index in [1.54, 1.807) is 6.07 Å². The summed E-state index contributed by atoms with van der Waals surface area (Å²) in [6.45, 7) is 0.396. The van der Waals surface area contributed by atoms with E-state index >= 15 is 0 Å². The van der Waals surface area contributed by atoms with Gasteiger partial charge in [0.25, 0.3) is 0 Å². The zero-order valence-electron chi connectivity index (χ0n) is 13.0. The van der Waals surface area contributed by atoms with Crippen LogP contribution in [0.15, 0.2) is 63.7 Å². The fourth-order valence-corrected chi connectivity index (χ4v) is 2.88. The smallest absolute Gasteiger partial charge is 0.416 e. The van der Waals surface area contributed by atoms with E-state index in [0.717, 1.165) is 16.1 Å². The summed E-state index contributed by atoms with van der Waals surface area (Å²) in [7, 11) is 0. The van der Waals surface area contributed by atoms with Crippen molar-refractivity contribution in [3.63, 3.8) is 0 Å². The predicted octanol–water partition coefficient (Wildman–Crippen LogP) is 5.41. The number of aromatic nitrogens is 1. The summed E-state index contributed by atoms with van der Waals surface area (Å²) >= 11 is 3.43. The van der Waals surface area contributed by atoms with Gasteiger partial charge < -0.3 is 9.73 Å². The number of rotatable bonds is 5. The first-order chi connectivity index (χ1) is 11.9. The normalized spacial score (nSPS) is 11.7. The molecule has 3 rings (SSSR count). The summed E-state index contributed by atoms with van der Waals surface area (Å²) in [5.74, 6) is 0.458. The molecule has 0 fully saturated rings. The highest BCUT2D eigenvalue weighted by atomic mass is 79.9. The van der Waals surface area contributed by atoms with Gasteiger partial charge >= 0.3 is 6.18 Å². The van der Waals surface area contributed by atoms with E-state index in [0.29, 0.717) is 18.1 Å². The molecule has 3 nitrogen and oxygen atoms in total. The Kier molecular flexibility index (Phi) is 5.24. The van der Waals surface area contributed by atoms with Crippen molar-refractivity contribution in [3.8, 4) is 11.5 Å². The van der Waals surface area contributed by atoms with E-state index in [9.17, 15) is 13.2 Å². The Morgan fingerprint density at radius 3 is 2.48 bits per heavy atom. The molecule has 1 aromatic heterocycles. The van der Waals surface area contributed by atoms with Gasteiger partial charge in [0.15, 0.2) is 0 Å². The molecule has 7 heteroatoms. The molecule has 0 radical (unpaired) electrons. The van der Waals surface area contributed by atoms with Crippen molar-refractivity contribution in [1.29, 1.82) is 0 Å². The fraction of sp³-hybridized carbons (Fsp3) is 0.167. The van der Waals surface area contributed by atoms with Crippen molar-refractivity contribution in [3.05, 3.63) is 76.1 Å². The molecule has 0 aliphatic carbocycles. The maximum atomic E-state index is 13.0. The van der Waals surface area contributed by atoms with Crippen molar-refractivity contribution in [2.75, 3.05) is 0 Å². The quantitative estimate of drug-likeness (QED) is 0.610. The number of hydrogen-bond acceptors (Lipinski definition) is 3. The molecule has 3 aromatic rings. The SMILES string of the molecule is FC(F)(F)c1ccccc1CNCc1coc(-c2ccccc2Br)n1. The van der Waals surface area contributed by atoms with Crippen LogP contribution in [-0.4, -0.2) is 4.98 Å². The molecular weight excluding hydrogens is 397 g/mol. The predicted molar refractivity (Wildman–Crippen MR) is 91.6 cm³/mol. The molecule has 0 saturated carbocycles. The zero-order chi connectivity index (χ0) is 17.9. The average molecular weight is 411 g/mol. The van der Waals surface area contributed by atoms with Crippen molar-refractivity contribution >= 4 is 15.9 Å². The third-order valence-corrected chi connectivity index (χ3v) is 4.29. The topological polar surface area (TPSA) is 38.1 Å². The highest BCUT2D eigenvalue weighted by Gasteiger charge is 2.32. The molecule has 0 spiro atoms. The summed E-state index contributed by atoms with van der Waals surface area (Å²) in [6.07, 6.45) is -2.86. The third-order valence-electron chi connectivity index (χ3n) is 3.60. The van der Waals surface area contributed by atoms with Crippen LogP contribution in [-0.2, 0) is 19.3 Å². The van der Waals surface area contributed by atoms with Crippen LogP contribution in [0.4, 0.5) is 13.2 Å². The molecule has 0 aliphatic heterocycles. The molecular formula is C18H14BrF3N2O. The second-order valence-electron chi connectivity index (χ2n) is 5.38. The second-order valence-corrected chi connectivity index (χ2v) is 6.24. The molecule has 1 heterocycles. The Labute approximate surface area is 151 Å². The highest BCUT2D eigenvalue weighted by molar-refractivity contribution is 9.10. The number of oxazole rings is 1. The summed E-state index contributed by atoms with van der Waals surface area (Å²) in [5, 5.41) is 2.98. The van der Waals surface area contributed by atoms with Crippen LogP contribution in [0.1, 0.15) is 16.8 Å². The van der Waals surface area contributed by atoms with Crippen LogP contribution in [0.5, 0.6) is 0 Å². The van der Waals surface area contributed by atoms with Gasteiger partial charge in [-0.3, -0.25) is 0 Å². The van der Waals surface area contributed by atoms with E-state index in [2.05, 4.69) is 26.2 Å². The summed E-state index contributed by atoms with van der Waals surface area (Å²) < 4.78 is 45.2. The van der Waals surface area contributed by atoms with Crippen molar-refractivity contribution in [1.82, 2.24) is 10.3 Å². The minimum absolute atomic E-state index is 0.0902. The molecule has 0 saturated heterocycles. The van der Waals surface area contributed by atoms with Gasteiger partial charge in [-0.05, 0) is 39.7 Å². The van der Waals surface area contributed by atoms with E-state index in [1.807, 2.05) is 24.3 Å². The maximum absolute atomic E-state index is 13.0. The number of alkyl halides is 3. The first-order valence-corrected chi connectivity index (χ1v) is 8.29. The summed E-state index contributed by atoms with van der Waals surface area (Å²) in [6, 6.07) is 13.0. The monoisotopic (exact) mass is 410 g/mol. The van der Waals surface area contributed by atoms with Crippen molar-refractivity contribution in [2.24, 2.45) is 0 Å². The Hall–Kier alpha value is -2.12. The van der Waals surface area contributed by atoms with Crippen LogP contribution in [0.25, 0.3) is 11.5 Å². The molecule has 0 bridgehead atoms. The van der Waals surface area contributed by atoms with Crippen LogP contribution in [0.2, 0.25) is 0 Å². The number of nitrogens with one attached hydrogen (secondary N) is 1. The Morgan fingerprint density at radius 2 is 1.72 bits per heavy atom. The lowest BCUT2D eigenvalue weighted by Crippen LogP contribution is -2.17. The van der Waals surface area contributed by atoms with Crippen molar-refractivity contribution in [2.45, 2.75) is 19.3 Å². The molecule has 0 atom stereocenters. The van der Waals surface area contributed by atoms with Gasteiger partial charge in [0.05, 0.1) is 16.8 Å². The third kappa shape index (κ3) is 4.29. The Bertz CT molecular complexity index is 861. The molecule has 0 amide bonds. The lowest BCUT2D eigenvalue weighted by atomic mass is 10.1. The minimum atomic E-state index is -4.36. The van der Waals surface area contributed by atoms with Crippen molar-refractivity contribution < 1.29 is 17.6 Å². The number of benzene rings is 2. The minimum Gasteiger partial charge on any atom is -0.444 e. The number of halogens is 4. The summed E-state index contributed by atoms with van der Waals surface area (Å²) in [4.78, 5) is 4.36. The zero-order valence-corrected chi connectivity index (χ0v) is 14.6. The molecule has 1 N–H and O–H groups in total. The van der Waals surface area contributed by atoms with E-state index in [4.69, 9.17) is 4.42 Å². The van der Waals surface area contributed by atoms with E-state index in [-0.39, 0.29) is 12.1 Å². The van der Waals surface area contributed by atoms with Crippen LogP contribution >= 0.6 is 15.9 Å². The van der Waals surface area contributed by atoms with Crippen LogP contribution < -0.4 is 5.32 Å². The Morgan fingerprint density at radius 1 is 1.00 bits per heavy atom. The van der Waals surface area contributed by atoms with E-state index < -0.39 is 11.7 Å². The number of hydrogen-bond donors (Lipinski definition) is 1. The first-order valence-electron chi connectivity index (χ1n) is 7.50. The van der Waals surface area contributed by atoms with Crippen LogP contribution in [0.3, 0.4) is 0 Å². The van der Waals surface area contributed by atoms with Gasteiger partial charge in [0.1, 0.15) is 6.26 Å². The molecule has 0 aliphatic rings. The average Bonchev–Trinajstić information content (AvgIpc) is 3.03. The standard InChI is InChI=1S/C18H14BrF3N2O/c19-16-8-4-2-6-14(16)17-24-13(11-25-17)10-23-9-12-5-1-3-7-15(12)18(20,21)22/h1-8,11,23H,9-10H2. The van der Waals surface area contributed by atoms with Gasteiger partial charge in [-0.25, -0.2) is 4.98 Å². The second kappa shape index (κ2) is 7.41. The largest absolute Gasteiger partial charge is 0.444 e. The van der Waals surface area contributed by atoms with Gasteiger partial charge in [0.2, 0.25) is 5.89 Å². The fourth-order valence-electron chi connectivity index (χ4n) is 2.42. The summed E-state index contributed by atoms with van der Waals surface area (Å²) in [5.41, 5.74) is 1.01.